The normalized spacial score (nSPS) is 11.5. The number of halogens is 1. The number of aromatic nitrogens is 1. The lowest BCUT2D eigenvalue weighted by molar-refractivity contribution is 0.422. The first-order valence-electron chi connectivity index (χ1n) is 6.52. The van der Waals surface area contributed by atoms with E-state index in [1.165, 1.54) is 12.1 Å². The smallest absolute Gasteiger partial charge is 0.261 e. The fourth-order valence-electron chi connectivity index (χ4n) is 2.24. The second-order valence-electron chi connectivity index (χ2n) is 4.91. The van der Waals surface area contributed by atoms with Gasteiger partial charge in [-0.1, -0.05) is 41.1 Å². The average Bonchev–Trinajstić information content (AvgIpc) is 2.96. The van der Waals surface area contributed by atoms with Crippen LogP contribution >= 0.6 is 10.7 Å². The van der Waals surface area contributed by atoms with E-state index in [9.17, 15) is 8.42 Å². The minimum absolute atomic E-state index is 0.0616. The lowest BCUT2D eigenvalue weighted by Crippen LogP contribution is -1.90. The van der Waals surface area contributed by atoms with Gasteiger partial charge in [0, 0.05) is 21.8 Å². The van der Waals surface area contributed by atoms with Crippen LogP contribution in [0.2, 0.25) is 0 Å². The third-order valence-electron chi connectivity index (χ3n) is 3.31. The summed E-state index contributed by atoms with van der Waals surface area (Å²) in [5.41, 5.74) is 4.38. The molecule has 0 atom stereocenters. The van der Waals surface area contributed by atoms with Gasteiger partial charge in [-0.05, 0) is 30.7 Å². The van der Waals surface area contributed by atoms with Gasteiger partial charge >= 0.3 is 0 Å². The first-order valence-corrected chi connectivity index (χ1v) is 8.82. The minimum atomic E-state index is -3.72. The molecule has 1 heterocycles. The van der Waals surface area contributed by atoms with Gasteiger partial charge in [-0.2, -0.15) is 0 Å². The average molecular weight is 334 g/mol. The summed E-state index contributed by atoms with van der Waals surface area (Å²) < 4.78 is 27.7. The van der Waals surface area contributed by atoms with Crippen molar-refractivity contribution < 1.29 is 12.9 Å². The molecule has 0 spiro atoms. The van der Waals surface area contributed by atoms with Crippen LogP contribution < -0.4 is 0 Å². The van der Waals surface area contributed by atoms with Crippen molar-refractivity contribution in [2.75, 3.05) is 0 Å². The third-order valence-corrected chi connectivity index (χ3v) is 4.68. The Morgan fingerprint density at radius 3 is 2.41 bits per heavy atom. The summed E-state index contributed by atoms with van der Waals surface area (Å²) in [5, 5.41) is 4.06. The summed E-state index contributed by atoms with van der Waals surface area (Å²) in [6.07, 6.45) is 1.54. The Bertz CT molecular complexity index is 915. The second kappa shape index (κ2) is 5.59. The van der Waals surface area contributed by atoms with Crippen molar-refractivity contribution in [1.29, 1.82) is 0 Å². The Balaban J connectivity index is 2.06. The van der Waals surface area contributed by atoms with Crippen molar-refractivity contribution >= 4 is 19.7 Å². The molecule has 0 N–H and O–H groups in total. The van der Waals surface area contributed by atoms with Crippen molar-refractivity contribution in [3.63, 3.8) is 0 Å². The molecule has 3 rings (SSSR count). The predicted octanol–water partition coefficient (Wildman–Crippen LogP) is 4.24. The van der Waals surface area contributed by atoms with Gasteiger partial charge in [0.05, 0.1) is 4.90 Å². The molecule has 4 nitrogen and oxygen atoms in total. The van der Waals surface area contributed by atoms with E-state index in [4.69, 9.17) is 15.2 Å². The molecule has 0 saturated carbocycles. The number of nitrogens with zero attached hydrogens (tertiary/aromatic N) is 1. The van der Waals surface area contributed by atoms with E-state index in [-0.39, 0.29) is 4.90 Å². The summed E-state index contributed by atoms with van der Waals surface area (Å²) in [7, 11) is 1.60. The van der Waals surface area contributed by atoms with Crippen LogP contribution in [-0.2, 0) is 9.05 Å². The summed E-state index contributed by atoms with van der Waals surface area (Å²) in [4.78, 5) is 0.0616. The first kappa shape index (κ1) is 14.8. The topological polar surface area (TPSA) is 60.2 Å². The van der Waals surface area contributed by atoms with Crippen LogP contribution in [0.5, 0.6) is 0 Å². The Morgan fingerprint density at radius 1 is 1.05 bits per heavy atom. The van der Waals surface area contributed by atoms with Crippen LogP contribution in [0, 0.1) is 6.92 Å². The molecule has 6 heteroatoms. The minimum Gasteiger partial charge on any atom is -0.363 e. The zero-order valence-electron chi connectivity index (χ0n) is 11.7. The van der Waals surface area contributed by atoms with Gasteiger partial charge in [0.1, 0.15) is 12.0 Å². The molecule has 0 amide bonds. The van der Waals surface area contributed by atoms with E-state index >= 15 is 0 Å². The van der Waals surface area contributed by atoms with Crippen LogP contribution in [0.25, 0.3) is 22.4 Å². The van der Waals surface area contributed by atoms with Gasteiger partial charge < -0.3 is 4.52 Å². The van der Waals surface area contributed by atoms with Crippen molar-refractivity contribution in [2.24, 2.45) is 0 Å². The SMILES string of the molecule is Cc1cccc(-c2nocc2-c2ccc(S(=O)(=O)Cl)cc2)c1. The molecular formula is C16H12ClNO3S. The fourth-order valence-corrected chi connectivity index (χ4v) is 3.01. The van der Waals surface area contributed by atoms with Gasteiger partial charge in [0.15, 0.2) is 0 Å². The molecule has 22 heavy (non-hydrogen) atoms. The van der Waals surface area contributed by atoms with Crippen molar-refractivity contribution in [3.05, 3.63) is 60.4 Å². The molecule has 0 radical (unpaired) electrons. The van der Waals surface area contributed by atoms with Crippen LogP contribution in [0.15, 0.2) is 64.2 Å². The van der Waals surface area contributed by atoms with E-state index in [2.05, 4.69) is 5.16 Å². The summed E-state index contributed by atoms with van der Waals surface area (Å²) >= 11 is 0. The molecule has 0 aliphatic heterocycles. The predicted molar refractivity (Wildman–Crippen MR) is 85.2 cm³/mol. The second-order valence-corrected chi connectivity index (χ2v) is 7.47. The molecule has 0 fully saturated rings. The van der Waals surface area contributed by atoms with Gasteiger partial charge in [0.25, 0.3) is 9.05 Å². The van der Waals surface area contributed by atoms with Crippen molar-refractivity contribution in [3.8, 4) is 22.4 Å². The number of hydrogen-bond acceptors (Lipinski definition) is 4. The Kier molecular flexibility index (Phi) is 3.76. The summed E-state index contributed by atoms with van der Waals surface area (Å²) in [5.74, 6) is 0. The highest BCUT2D eigenvalue weighted by Gasteiger charge is 2.14. The number of aryl methyl sites for hydroxylation is 1. The number of hydrogen-bond donors (Lipinski definition) is 0. The lowest BCUT2D eigenvalue weighted by Gasteiger charge is -2.03. The highest BCUT2D eigenvalue weighted by atomic mass is 35.7. The van der Waals surface area contributed by atoms with Crippen LogP contribution in [0.4, 0.5) is 0 Å². The summed E-state index contributed by atoms with van der Waals surface area (Å²) in [6, 6.07) is 14.2. The maximum atomic E-state index is 11.3. The third kappa shape index (κ3) is 2.91. The van der Waals surface area contributed by atoms with E-state index < -0.39 is 9.05 Å². The highest BCUT2D eigenvalue weighted by molar-refractivity contribution is 8.13. The van der Waals surface area contributed by atoms with Crippen LogP contribution in [0.3, 0.4) is 0 Å². The zero-order valence-corrected chi connectivity index (χ0v) is 13.2. The van der Waals surface area contributed by atoms with E-state index in [1.54, 1.807) is 18.4 Å². The molecule has 112 valence electrons. The monoisotopic (exact) mass is 333 g/mol. The van der Waals surface area contributed by atoms with E-state index in [1.807, 2.05) is 31.2 Å². The van der Waals surface area contributed by atoms with Gasteiger partial charge in [0.2, 0.25) is 0 Å². The molecule has 0 aliphatic carbocycles. The van der Waals surface area contributed by atoms with Crippen LogP contribution in [-0.4, -0.2) is 13.6 Å². The molecule has 1 aromatic heterocycles. The molecule has 3 aromatic rings. The number of rotatable bonds is 3. The van der Waals surface area contributed by atoms with Crippen molar-refractivity contribution in [2.45, 2.75) is 11.8 Å². The molecule has 0 unspecified atom stereocenters. The highest BCUT2D eigenvalue weighted by Crippen LogP contribution is 2.32. The maximum Gasteiger partial charge on any atom is 0.261 e. The first-order chi connectivity index (χ1) is 10.4. The largest absolute Gasteiger partial charge is 0.363 e. The lowest BCUT2D eigenvalue weighted by atomic mass is 10.0. The Morgan fingerprint density at radius 2 is 1.77 bits per heavy atom. The van der Waals surface area contributed by atoms with Gasteiger partial charge in [-0.15, -0.1) is 0 Å². The molecule has 0 aliphatic rings. The maximum absolute atomic E-state index is 11.3. The fraction of sp³-hybridized carbons (Fsp3) is 0.0625. The molecular weight excluding hydrogens is 322 g/mol. The standard InChI is InChI=1S/C16H12ClNO3S/c1-11-3-2-4-13(9-11)16-15(10-21-18-16)12-5-7-14(8-6-12)22(17,19)20/h2-10H,1H3. The van der Waals surface area contributed by atoms with Crippen molar-refractivity contribution in [1.82, 2.24) is 5.16 Å². The molecule has 0 bridgehead atoms. The van der Waals surface area contributed by atoms with E-state index in [0.29, 0.717) is 5.69 Å². The zero-order chi connectivity index (χ0) is 15.7. The van der Waals surface area contributed by atoms with Gasteiger partial charge in [-0.25, -0.2) is 8.42 Å². The number of benzene rings is 2. The Hall–Kier alpha value is -2.11. The summed E-state index contributed by atoms with van der Waals surface area (Å²) in [6.45, 7) is 2.00. The van der Waals surface area contributed by atoms with E-state index in [0.717, 1.165) is 22.3 Å². The molecule has 0 saturated heterocycles. The Labute approximate surface area is 132 Å². The molecule has 2 aromatic carbocycles. The quantitative estimate of drug-likeness (QED) is 0.672. The van der Waals surface area contributed by atoms with Gasteiger partial charge in [-0.3, -0.25) is 0 Å². The van der Waals surface area contributed by atoms with Crippen LogP contribution in [0.1, 0.15) is 5.56 Å².